The van der Waals surface area contributed by atoms with Gasteiger partial charge in [-0.2, -0.15) is 0 Å². The lowest BCUT2D eigenvalue weighted by Crippen LogP contribution is -2.56. The van der Waals surface area contributed by atoms with E-state index in [1.54, 1.807) is 6.92 Å². The lowest BCUT2D eigenvalue weighted by atomic mass is 9.99. The van der Waals surface area contributed by atoms with E-state index in [1.807, 2.05) is 4.90 Å². The van der Waals surface area contributed by atoms with Crippen molar-refractivity contribution >= 4 is 5.97 Å². The number of nitrogens with zero attached hydrogens (tertiary/aromatic N) is 3. The van der Waals surface area contributed by atoms with Crippen molar-refractivity contribution in [2.45, 2.75) is 37.9 Å². The number of carbonyl (C=O) groups is 1. The normalized spacial score (nSPS) is 22.0. The number of hydrogen-bond donors (Lipinski definition) is 1. The first-order valence-corrected chi connectivity index (χ1v) is 6.45. The van der Waals surface area contributed by atoms with Gasteiger partial charge in [-0.15, -0.1) is 0 Å². The van der Waals surface area contributed by atoms with Crippen LogP contribution in [0, 0.1) is 0 Å². The van der Waals surface area contributed by atoms with Crippen molar-refractivity contribution in [2.75, 3.05) is 13.1 Å². The van der Waals surface area contributed by atoms with E-state index in [9.17, 15) is 9.18 Å². The van der Waals surface area contributed by atoms with Crippen molar-refractivity contribution in [1.29, 1.82) is 0 Å². The fourth-order valence-corrected chi connectivity index (χ4v) is 2.46. The number of carboxylic acid groups (broad SMARTS) is 1. The van der Waals surface area contributed by atoms with E-state index in [4.69, 9.17) is 5.11 Å². The molecule has 0 aromatic carbocycles. The van der Waals surface area contributed by atoms with Gasteiger partial charge in [0.25, 0.3) is 0 Å². The first kappa shape index (κ1) is 12.5. The quantitative estimate of drug-likeness (QED) is 0.895. The van der Waals surface area contributed by atoms with Crippen molar-refractivity contribution in [3.63, 3.8) is 0 Å². The highest BCUT2D eigenvalue weighted by molar-refractivity contribution is 5.85. The highest BCUT2D eigenvalue weighted by Crippen LogP contribution is 2.38. The van der Waals surface area contributed by atoms with Crippen LogP contribution in [0.1, 0.15) is 47.7 Å². The lowest BCUT2D eigenvalue weighted by molar-refractivity contribution is -0.0233. The molecule has 0 unspecified atom stereocenters. The Morgan fingerprint density at radius 2 is 2.21 bits per heavy atom. The van der Waals surface area contributed by atoms with Crippen LogP contribution in [0.4, 0.5) is 4.39 Å². The Kier molecular flexibility index (Phi) is 2.78. The first-order chi connectivity index (χ1) is 8.93. The summed E-state index contributed by atoms with van der Waals surface area (Å²) < 4.78 is 13.4. The molecule has 0 atom stereocenters. The van der Waals surface area contributed by atoms with Gasteiger partial charge in [-0.05, 0) is 25.8 Å². The van der Waals surface area contributed by atoms with E-state index >= 15 is 0 Å². The van der Waals surface area contributed by atoms with E-state index in [-0.39, 0.29) is 5.69 Å². The minimum Gasteiger partial charge on any atom is -0.477 e. The van der Waals surface area contributed by atoms with Crippen LogP contribution in [0.5, 0.6) is 0 Å². The van der Waals surface area contributed by atoms with E-state index in [0.29, 0.717) is 37.1 Å². The fourth-order valence-electron chi connectivity index (χ4n) is 2.46. The zero-order valence-electron chi connectivity index (χ0n) is 10.8. The molecule has 0 bridgehead atoms. The Morgan fingerprint density at radius 3 is 2.74 bits per heavy atom. The summed E-state index contributed by atoms with van der Waals surface area (Å²) in [6.45, 7) is 2.81. The molecule has 1 saturated carbocycles. The Bertz CT molecular complexity index is 521. The van der Waals surface area contributed by atoms with Gasteiger partial charge in [-0.25, -0.2) is 19.2 Å². The summed E-state index contributed by atoms with van der Waals surface area (Å²) in [5, 5.41) is 9.06. The first-order valence-electron chi connectivity index (χ1n) is 6.45. The SMILES string of the molecule is CC1(F)CN(Cc2cc(C(=O)O)nc(C3CC3)n2)C1. The van der Waals surface area contributed by atoms with Gasteiger partial charge in [-0.1, -0.05) is 0 Å². The van der Waals surface area contributed by atoms with Gasteiger partial charge in [-0.3, -0.25) is 4.90 Å². The molecular formula is C13H16FN3O2. The van der Waals surface area contributed by atoms with E-state index in [0.717, 1.165) is 12.8 Å². The predicted octanol–water partition coefficient (Wildman–Crippen LogP) is 1.60. The molecular weight excluding hydrogens is 249 g/mol. The molecule has 1 aliphatic heterocycles. The number of likely N-dealkylation sites (tertiary alicyclic amines) is 1. The highest BCUT2D eigenvalue weighted by Gasteiger charge is 2.39. The van der Waals surface area contributed by atoms with Gasteiger partial charge in [0, 0.05) is 25.6 Å². The molecule has 0 radical (unpaired) electrons. The zero-order valence-corrected chi connectivity index (χ0v) is 10.8. The Morgan fingerprint density at radius 1 is 1.53 bits per heavy atom. The van der Waals surface area contributed by atoms with Crippen molar-refractivity contribution in [1.82, 2.24) is 14.9 Å². The van der Waals surface area contributed by atoms with Crippen LogP contribution in [-0.2, 0) is 6.54 Å². The predicted molar refractivity (Wildman–Crippen MR) is 65.8 cm³/mol. The molecule has 6 heteroatoms. The molecule has 2 aliphatic rings. The third-order valence-electron chi connectivity index (χ3n) is 3.45. The summed E-state index contributed by atoms with van der Waals surface area (Å²) in [7, 11) is 0. The van der Waals surface area contributed by atoms with Crippen LogP contribution < -0.4 is 0 Å². The second-order valence-corrected chi connectivity index (χ2v) is 5.74. The minimum absolute atomic E-state index is 0.0374. The summed E-state index contributed by atoms with van der Waals surface area (Å²) >= 11 is 0. The zero-order chi connectivity index (χ0) is 13.6. The Labute approximate surface area is 110 Å². The highest BCUT2D eigenvalue weighted by atomic mass is 19.1. The molecule has 5 nitrogen and oxygen atoms in total. The van der Waals surface area contributed by atoms with Crippen molar-refractivity contribution < 1.29 is 14.3 Å². The van der Waals surface area contributed by atoms with Crippen molar-refractivity contribution in [3.8, 4) is 0 Å². The monoisotopic (exact) mass is 265 g/mol. The van der Waals surface area contributed by atoms with Gasteiger partial charge in [0.1, 0.15) is 11.5 Å². The maximum atomic E-state index is 13.4. The summed E-state index contributed by atoms with van der Waals surface area (Å²) in [5.74, 6) is -0.108. The number of alkyl halides is 1. The number of rotatable bonds is 4. The summed E-state index contributed by atoms with van der Waals surface area (Å²) in [6.07, 6.45) is 2.05. The van der Waals surface area contributed by atoms with Crippen LogP contribution >= 0.6 is 0 Å². The molecule has 0 amide bonds. The summed E-state index contributed by atoms with van der Waals surface area (Å²) in [4.78, 5) is 21.5. The lowest BCUT2D eigenvalue weighted by Gasteiger charge is -2.42. The van der Waals surface area contributed by atoms with Gasteiger partial charge in [0.05, 0.1) is 5.69 Å². The molecule has 1 aromatic rings. The van der Waals surface area contributed by atoms with Crippen LogP contribution in [0.25, 0.3) is 0 Å². The largest absolute Gasteiger partial charge is 0.477 e. The molecule has 3 rings (SSSR count). The maximum absolute atomic E-state index is 13.4. The molecule has 2 heterocycles. The van der Waals surface area contributed by atoms with Crippen LogP contribution in [0.15, 0.2) is 6.07 Å². The average molecular weight is 265 g/mol. The molecule has 102 valence electrons. The van der Waals surface area contributed by atoms with Crippen LogP contribution in [0.3, 0.4) is 0 Å². The van der Waals surface area contributed by atoms with Crippen LogP contribution in [0.2, 0.25) is 0 Å². The number of carboxylic acids is 1. The average Bonchev–Trinajstić information content (AvgIpc) is 3.09. The molecule has 0 spiro atoms. The van der Waals surface area contributed by atoms with Gasteiger partial charge < -0.3 is 5.11 Å². The minimum atomic E-state index is -1.12. The van der Waals surface area contributed by atoms with E-state index in [1.165, 1.54) is 6.07 Å². The maximum Gasteiger partial charge on any atom is 0.354 e. The van der Waals surface area contributed by atoms with Crippen molar-refractivity contribution in [3.05, 3.63) is 23.3 Å². The molecule has 1 aliphatic carbocycles. The van der Waals surface area contributed by atoms with Crippen LogP contribution in [-0.4, -0.2) is 44.7 Å². The number of hydrogen-bond acceptors (Lipinski definition) is 4. The summed E-state index contributed by atoms with van der Waals surface area (Å²) in [6, 6.07) is 1.49. The third-order valence-corrected chi connectivity index (χ3v) is 3.45. The van der Waals surface area contributed by atoms with E-state index < -0.39 is 11.6 Å². The Hall–Kier alpha value is -1.56. The molecule has 1 saturated heterocycles. The third kappa shape index (κ3) is 2.73. The van der Waals surface area contributed by atoms with E-state index in [2.05, 4.69) is 9.97 Å². The number of halogens is 1. The fraction of sp³-hybridized carbons (Fsp3) is 0.615. The second-order valence-electron chi connectivity index (χ2n) is 5.74. The molecule has 2 fully saturated rings. The Balaban J connectivity index is 1.78. The van der Waals surface area contributed by atoms with Gasteiger partial charge in [0.15, 0.2) is 5.69 Å². The second kappa shape index (κ2) is 4.23. The van der Waals surface area contributed by atoms with Gasteiger partial charge in [0.2, 0.25) is 0 Å². The molecule has 1 N–H and O–H groups in total. The molecule has 19 heavy (non-hydrogen) atoms. The standard InChI is InChI=1S/C13H16FN3O2/c1-13(14)6-17(7-13)5-9-4-10(12(18)19)16-11(15-9)8-2-3-8/h4,8H,2-3,5-7H2,1H3,(H,18,19). The number of aromatic carboxylic acids is 1. The smallest absolute Gasteiger partial charge is 0.354 e. The molecule has 1 aromatic heterocycles. The topological polar surface area (TPSA) is 66.3 Å². The summed E-state index contributed by atoms with van der Waals surface area (Å²) in [5.41, 5.74) is -0.414. The van der Waals surface area contributed by atoms with Crippen molar-refractivity contribution in [2.24, 2.45) is 0 Å². The van der Waals surface area contributed by atoms with Gasteiger partial charge >= 0.3 is 5.97 Å². The number of aromatic nitrogens is 2.